The van der Waals surface area contributed by atoms with E-state index in [4.69, 9.17) is 0 Å². The monoisotopic (exact) mass is 230 g/mol. The molecular formula is C8H10N2O2S2. The Kier molecular flexibility index (Phi) is 4.98. The quantitative estimate of drug-likeness (QED) is 0.538. The van der Waals surface area contributed by atoms with Crippen molar-refractivity contribution in [3.8, 4) is 0 Å². The summed E-state index contributed by atoms with van der Waals surface area (Å²) in [6.07, 6.45) is 3.06. The third-order valence-electron chi connectivity index (χ3n) is 1.82. The van der Waals surface area contributed by atoms with E-state index >= 15 is 0 Å². The minimum Gasteiger partial charge on any atom is -0.211 e. The van der Waals surface area contributed by atoms with Crippen LogP contribution in [0.1, 0.15) is 6.92 Å². The average Bonchev–Trinajstić information content (AvgIpc) is 2.52. The Morgan fingerprint density at radius 1 is 1.07 bits per heavy atom. The molecule has 1 fully saturated rings. The molecule has 0 saturated carbocycles. The lowest BCUT2D eigenvalue weighted by Crippen LogP contribution is -2.21. The van der Waals surface area contributed by atoms with Crippen molar-refractivity contribution in [1.82, 2.24) is 0 Å². The van der Waals surface area contributed by atoms with E-state index in [0.29, 0.717) is 17.7 Å². The van der Waals surface area contributed by atoms with E-state index in [1.165, 1.54) is 12.2 Å². The molecule has 0 amide bonds. The first-order valence-electron chi connectivity index (χ1n) is 4.16. The second-order valence-corrected chi connectivity index (χ2v) is 6.25. The van der Waals surface area contributed by atoms with Crippen LogP contribution in [-0.4, -0.2) is 40.3 Å². The molecule has 0 N–H and O–H groups in total. The molecule has 0 aromatic carbocycles. The Balaban J connectivity index is 2.52. The van der Waals surface area contributed by atoms with Crippen molar-refractivity contribution in [3.05, 3.63) is 0 Å². The number of aliphatic imine (C=N–C) groups is 2. The highest BCUT2D eigenvalue weighted by molar-refractivity contribution is 8.20. The highest BCUT2D eigenvalue weighted by Crippen LogP contribution is 2.43. The van der Waals surface area contributed by atoms with E-state index in [0.717, 1.165) is 0 Å². The lowest BCUT2D eigenvalue weighted by molar-refractivity contribution is 0.560. The van der Waals surface area contributed by atoms with Crippen molar-refractivity contribution >= 4 is 35.7 Å². The van der Waals surface area contributed by atoms with Gasteiger partial charge in [-0.05, 0) is 6.92 Å². The largest absolute Gasteiger partial charge is 0.234 e. The van der Waals surface area contributed by atoms with Crippen LogP contribution in [0.5, 0.6) is 0 Å². The lowest BCUT2D eigenvalue weighted by Gasteiger charge is -2.11. The number of nitrogens with zero attached hydrogens (tertiary/aromatic N) is 2. The predicted molar refractivity (Wildman–Crippen MR) is 58.2 cm³/mol. The Hall–Kier alpha value is -0.540. The van der Waals surface area contributed by atoms with Gasteiger partial charge in [-0.2, -0.15) is 0 Å². The number of hydrogen-bond donors (Lipinski definition) is 0. The highest BCUT2D eigenvalue weighted by atomic mass is 32.2. The van der Waals surface area contributed by atoms with E-state index in [2.05, 4.69) is 16.9 Å². The second-order valence-electron chi connectivity index (χ2n) is 2.78. The van der Waals surface area contributed by atoms with Crippen molar-refractivity contribution in [2.24, 2.45) is 9.98 Å². The summed E-state index contributed by atoms with van der Waals surface area (Å²) in [6.45, 7) is 3.02. The van der Waals surface area contributed by atoms with Gasteiger partial charge in [0.1, 0.15) is 0 Å². The molecule has 0 radical (unpaired) electrons. The average molecular weight is 230 g/mol. The van der Waals surface area contributed by atoms with Gasteiger partial charge in [0, 0.05) is 15.1 Å². The molecule has 1 rings (SSSR count). The number of hydrogen-bond acceptors (Lipinski definition) is 6. The van der Waals surface area contributed by atoms with Gasteiger partial charge in [0.2, 0.25) is 12.2 Å². The molecule has 0 aromatic heterocycles. The van der Waals surface area contributed by atoms with Gasteiger partial charge in [-0.25, -0.2) is 19.6 Å². The smallest absolute Gasteiger partial charge is 0.211 e. The molecule has 0 bridgehead atoms. The van der Waals surface area contributed by atoms with Gasteiger partial charge in [-0.1, -0.05) is 0 Å². The summed E-state index contributed by atoms with van der Waals surface area (Å²) in [4.78, 5) is 27.1. The van der Waals surface area contributed by atoms with Gasteiger partial charge < -0.3 is 0 Å². The Morgan fingerprint density at radius 2 is 1.50 bits per heavy atom. The summed E-state index contributed by atoms with van der Waals surface area (Å²) < 4.78 is 0.466. The Bertz CT molecular complexity index is 257. The van der Waals surface area contributed by atoms with Crippen LogP contribution in [0.3, 0.4) is 0 Å². The van der Waals surface area contributed by atoms with Crippen molar-refractivity contribution in [2.45, 2.75) is 22.0 Å². The summed E-state index contributed by atoms with van der Waals surface area (Å²) in [5, 5.41) is 0.516. The maximum atomic E-state index is 9.97. The summed E-state index contributed by atoms with van der Waals surface area (Å²) in [7, 11) is 0. The summed E-state index contributed by atoms with van der Waals surface area (Å²) in [6, 6.07) is 0. The molecule has 0 aromatic rings. The first-order chi connectivity index (χ1) is 6.77. The molecule has 0 spiro atoms. The van der Waals surface area contributed by atoms with Gasteiger partial charge in [0.15, 0.2) is 0 Å². The minimum atomic E-state index is 0.258. The van der Waals surface area contributed by atoms with Gasteiger partial charge >= 0.3 is 0 Å². The third-order valence-corrected chi connectivity index (χ3v) is 5.08. The van der Waals surface area contributed by atoms with Crippen molar-refractivity contribution in [1.29, 1.82) is 0 Å². The highest BCUT2D eigenvalue weighted by Gasteiger charge is 2.32. The van der Waals surface area contributed by atoms with E-state index in [-0.39, 0.29) is 10.5 Å². The molecule has 1 aliphatic heterocycles. The molecule has 2 atom stereocenters. The molecule has 2 unspecified atom stereocenters. The molecule has 4 nitrogen and oxygen atoms in total. The molecule has 0 aliphatic carbocycles. The molecule has 14 heavy (non-hydrogen) atoms. The van der Waals surface area contributed by atoms with E-state index in [9.17, 15) is 9.59 Å². The van der Waals surface area contributed by atoms with Gasteiger partial charge in [-0.15, -0.1) is 23.5 Å². The maximum absolute atomic E-state index is 9.97. The van der Waals surface area contributed by atoms with Crippen LogP contribution in [0, 0.1) is 0 Å². The van der Waals surface area contributed by atoms with Crippen LogP contribution in [-0.2, 0) is 9.59 Å². The number of rotatable bonds is 4. The SMILES string of the molecule is CC1SC(CN=C=O)C(CN=C=O)S1. The Labute approximate surface area is 90.6 Å². The summed E-state index contributed by atoms with van der Waals surface area (Å²) >= 11 is 3.53. The molecule has 1 heterocycles. The first kappa shape index (κ1) is 11.5. The van der Waals surface area contributed by atoms with Crippen LogP contribution in [0.15, 0.2) is 9.98 Å². The number of carbonyl (C=O) groups excluding carboxylic acids is 2. The van der Waals surface area contributed by atoms with E-state index in [1.807, 2.05) is 0 Å². The molecule has 1 saturated heterocycles. The standard InChI is InChI=1S/C8H10N2O2S2/c1-6-13-7(2-9-4-11)8(14-6)3-10-5-12/h6-8H,2-3H2,1H3. The number of isocyanates is 2. The normalized spacial score (nSPS) is 30.5. The fourth-order valence-corrected chi connectivity index (χ4v) is 4.60. The number of thioether (sulfide) groups is 2. The van der Waals surface area contributed by atoms with Crippen molar-refractivity contribution in [3.63, 3.8) is 0 Å². The zero-order valence-electron chi connectivity index (χ0n) is 7.67. The second kappa shape index (κ2) is 6.04. The van der Waals surface area contributed by atoms with E-state index < -0.39 is 0 Å². The van der Waals surface area contributed by atoms with Crippen molar-refractivity contribution in [2.75, 3.05) is 13.1 Å². The van der Waals surface area contributed by atoms with Crippen LogP contribution < -0.4 is 0 Å². The fourth-order valence-electron chi connectivity index (χ4n) is 1.28. The molecular weight excluding hydrogens is 220 g/mol. The van der Waals surface area contributed by atoms with Crippen LogP contribution in [0.2, 0.25) is 0 Å². The topological polar surface area (TPSA) is 58.9 Å². The molecule has 1 aliphatic rings. The zero-order chi connectivity index (χ0) is 10.4. The third kappa shape index (κ3) is 3.31. The predicted octanol–water partition coefficient (Wildman–Crippen LogP) is 1.22. The van der Waals surface area contributed by atoms with Gasteiger partial charge in [-0.3, -0.25) is 0 Å². The summed E-state index contributed by atoms with van der Waals surface area (Å²) in [5.74, 6) is 0. The summed E-state index contributed by atoms with van der Waals surface area (Å²) in [5.41, 5.74) is 0. The lowest BCUT2D eigenvalue weighted by atomic mass is 10.3. The van der Waals surface area contributed by atoms with Crippen molar-refractivity contribution < 1.29 is 9.59 Å². The minimum absolute atomic E-state index is 0.258. The molecule has 6 heteroatoms. The Morgan fingerprint density at radius 3 is 1.86 bits per heavy atom. The van der Waals surface area contributed by atoms with Crippen LogP contribution >= 0.6 is 23.5 Å². The first-order valence-corrected chi connectivity index (χ1v) is 6.04. The zero-order valence-corrected chi connectivity index (χ0v) is 9.31. The van der Waals surface area contributed by atoms with Gasteiger partial charge in [0.25, 0.3) is 0 Å². The van der Waals surface area contributed by atoms with E-state index in [1.54, 1.807) is 23.5 Å². The maximum Gasteiger partial charge on any atom is 0.234 e. The fraction of sp³-hybridized carbons (Fsp3) is 0.750. The van der Waals surface area contributed by atoms with Gasteiger partial charge in [0.05, 0.1) is 13.1 Å². The molecule has 76 valence electrons. The van der Waals surface area contributed by atoms with Crippen LogP contribution in [0.25, 0.3) is 0 Å². The van der Waals surface area contributed by atoms with Crippen LogP contribution in [0.4, 0.5) is 0 Å².